The van der Waals surface area contributed by atoms with Crippen LogP contribution >= 0.6 is 11.6 Å². The van der Waals surface area contributed by atoms with Gasteiger partial charge in [-0.05, 0) is 158 Å². The largest absolute Gasteiger partial charge is 0.0836 e. The summed E-state index contributed by atoms with van der Waals surface area (Å²) < 4.78 is 0. The van der Waals surface area contributed by atoms with E-state index in [0.717, 1.165) is 26.7 Å². The number of halogens is 1. The van der Waals surface area contributed by atoms with Crippen molar-refractivity contribution < 1.29 is 0 Å². The minimum Gasteiger partial charge on any atom is -0.0836 e. The van der Waals surface area contributed by atoms with Crippen LogP contribution < -0.4 is 0 Å². The summed E-state index contributed by atoms with van der Waals surface area (Å²) in [6.45, 7) is 0. The Kier molecular flexibility index (Phi) is 6.97. The summed E-state index contributed by atoms with van der Waals surface area (Å²) in [5.41, 5.74) is 25.2. The van der Waals surface area contributed by atoms with E-state index in [4.69, 9.17) is 11.6 Å². The van der Waals surface area contributed by atoms with Crippen LogP contribution in [0.15, 0.2) is 224 Å². The van der Waals surface area contributed by atoms with E-state index in [-0.39, 0.29) is 5.41 Å². The number of hydrogen-bond acceptors (Lipinski definition) is 0. The topological polar surface area (TPSA) is 0 Å². The van der Waals surface area contributed by atoms with Crippen molar-refractivity contribution in [2.75, 3.05) is 0 Å². The zero-order valence-electron chi connectivity index (χ0n) is 35.2. The van der Waals surface area contributed by atoms with Gasteiger partial charge < -0.3 is 0 Å². The normalized spacial score (nSPS) is 14.5. The SMILES string of the molecule is Clc1cc(-c2ccc3c(c2)C2(c4ccccc4-c4ccccc42)c2ccccc2-3)cc2ccc3ccc(-c4ccc5c(c4)C4(c6ccccc6-c6ccccc64)c4ccccc4-5)cc3c12. The fourth-order valence-corrected chi connectivity index (χ4v) is 13.4. The highest BCUT2D eigenvalue weighted by Gasteiger charge is 2.53. The van der Waals surface area contributed by atoms with Crippen LogP contribution in [0.3, 0.4) is 0 Å². The van der Waals surface area contributed by atoms with E-state index >= 15 is 0 Å². The third-order valence-electron chi connectivity index (χ3n) is 15.5. The lowest BCUT2D eigenvalue weighted by molar-refractivity contribution is 0.794. The second-order valence-corrected chi connectivity index (χ2v) is 18.8. The van der Waals surface area contributed by atoms with E-state index in [0.29, 0.717) is 0 Å². The summed E-state index contributed by atoms with van der Waals surface area (Å²) in [5, 5.41) is 5.32. The molecule has 11 aromatic carbocycles. The summed E-state index contributed by atoms with van der Waals surface area (Å²) in [5.74, 6) is 0. The molecular formula is C64H37Cl. The molecule has 0 amide bonds. The summed E-state index contributed by atoms with van der Waals surface area (Å²) in [6.07, 6.45) is 0. The van der Waals surface area contributed by atoms with Crippen LogP contribution in [0.5, 0.6) is 0 Å². The Morgan fingerprint density at radius 3 is 1.00 bits per heavy atom. The smallest absolute Gasteiger partial charge is 0.0725 e. The average Bonchev–Trinajstić information content (AvgIpc) is 4.05. The van der Waals surface area contributed by atoms with Crippen molar-refractivity contribution in [3.8, 4) is 66.8 Å². The molecule has 300 valence electrons. The Morgan fingerprint density at radius 1 is 0.246 bits per heavy atom. The van der Waals surface area contributed by atoms with Gasteiger partial charge in [0.1, 0.15) is 0 Å². The first kappa shape index (κ1) is 35.7. The fraction of sp³-hybridized carbons (Fsp3) is 0.0312. The molecule has 0 nitrogen and oxygen atoms in total. The van der Waals surface area contributed by atoms with E-state index < -0.39 is 5.41 Å². The van der Waals surface area contributed by atoms with Gasteiger partial charge in [0.25, 0.3) is 0 Å². The Labute approximate surface area is 382 Å². The van der Waals surface area contributed by atoms with Gasteiger partial charge in [0.2, 0.25) is 0 Å². The highest BCUT2D eigenvalue weighted by molar-refractivity contribution is 6.38. The number of rotatable bonds is 2. The molecule has 2 spiro atoms. The first-order valence-electron chi connectivity index (χ1n) is 22.7. The number of hydrogen-bond donors (Lipinski definition) is 0. The Hall–Kier alpha value is -7.77. The molecule has 0 saturated carbocycles. The molecule has 0 N–H and O–H groups in total. The lowest BCUT2D eigenvalue weighted by Gasteiger charge is -2.30. The van der Waals surface area contributed by atoms with Crippen LogP contribution in [-0.2, 0) is 10.8 Å². The van der Waals surface area contributed by atoms with Gasteiger partial charge in [0, 0.05) is 10.4 Å². The quantitative estimate of drug-likeness (QED) is 0.152. The van der Waals surface area contributed by atoms with E-state index in [9.17, 15) is 0 Å². The van der Waals surface area contributed by atoms with Crippen molar-refractivity contribution >= 4 is 33.1 Å². The van der Waals surface area contributed by atoms with Crippen LogP contribution in [0.1, 0.15) is 44.5 Å². The van der Waals surface area contributed by atoms with Gasteiger partial charge in [-0.25, -0.2) is 0 Å². The van der Waals surface area contributed by atoms with E-state index in [1.807, 2.05) is 0 Å². The predicted octanol–water partition coefficient (Wildman–Crippen LogP) is 16.7. The first-order valence-corrected chi connectivity index (χ1v) is 23.1. The van der Waals surface area contributed by atoms with E-state index in [2.05, 4.69) is 224 Å². The molecule has 11 aromatic rings. The minimum absolute atomic E-state index is 0.386. The number of fused-ring (bicyclic) bond motifs is 23. The van der Waals surface area contributed by atoms with Crippen LogP contribution in [-0.4, -0.2) is 0 Å². The minimum atomic E-state index is -0.396. The van der Waals surface area contributed by atoms with Crippen LogP contribution in [0.25, 0.3) is 88.3 Å². The molecule has 15 rings (SSSR count). The van der Waals surface area contributed by atoms with E-state index in [1.54, 1.807) is 0 Å². The molecule has 0 aromatic heterocycles. The van der Waals surface area contributed by atoms with E-state index in [1.165, 1.54) is 111 Å². The van der Waals surface area contributed by atoms with Gasteiger partial charge in [0.15, 0.2) is 0 Å². The molecule has 4 aliphatic carbocycles. The maximum absolute atomic E-state index is 7.54. The highest BCUT2D eigenvalue weighted by Crippen LogP contribution is 2.65. The summed E-state index contributed by atoms with van der Waals surface area (Å²) in [6, 6.07) is 84.2. The predicted molar refractivity (Wildman–Crippen MR) is 270 cm³/mol. The second kappa shape index (κ2) is 12.7. The molecule has 0 unspecified atom stereocenters. The summed E-state index contributed by atoms with van der Waals surface area (Å²) >= 11 is 7.54. The molecule has 0 heterocycles. The molecule has 0 fully saturated rings. The van der Waals surface area contributed by atoms with Crippen LogP contribution in [0, 0.1) is 0 Å². The third kappa shape index (κ3) is 4.38. The van der Waals surface area contributed by atoms with Crippen LogP contribution in [0.2, 0.25) is 5.02 Å². The van der Waals surface area contributed by atoms with Crippen molar-refractivity contribution in [1.82, 2.24) is 0 Å². The number of benzene rings is 11. The third-order valence-corrected chi connectivity index (χ3v) is 15.8. The summed E-state index contributed by atoms with van der Waals surface area (Å²) in [4.78, 5) is 0. The van der Waals surface area contributed by atoms with Crippen molar-refractivity contribution in [1.29, 1.82) is 0 Å². The second-order valence-electron chi connectivity index (χ2n) is 18.4. The van der Waals surface area contributed by atoms with Crippen molar-refractivity contribution in [2.45, 2.75) is 10.8 Å². The summed E-state index contributed by atoms with van der Waals surface area (Å²) in [7, 11) is 0. The van der Waals surface area contributed by atoms with Gasteiger partial charge in [-0.15, -0.1) is 0 Å². The maximum Gasteiger partial charge on any atom is 0.0725 e. The lowest BCUT2D eigenvalue weighted by Crippen LogP contribution is -2.25. The van der Waals surface area contributed by atoms with Crippen molar-refractivity contribution in [3.63, 3.8) is 0 Å². The monoisotopic (exact) mass is 840 g/mol. The zero-order valence-corrected chi connectivity index (χ0v) is 36.0. The van der Waals surface area contributed by atoms with Crippen LogP contribution in [0.4, 0.5) is 0 Å². The molecular weight excluding hydrogens is 804 g/mol. The molecule has 0 aliphatic heterocycles. The van der Waals surface area contributed by atoms with Gasteiger partial charge in [0.05, 0.1) is 10.8 Å². The molecule has 0 atom stereocenters. The fourth-order valence-electron chi connectivity index (χ4n) is 13.0. The lowest BCUT2D eigenvalue weighted by atomic mass is 9.70. The molecule has 0 saturated heterocycles. The van der Waals surface area contributed by atoms with Gasteiger partial charge in [-0.2, -0.15) is 0 Å². The first-order chi connectivity index (χ1) is 32.1. The highest BCUT2D eigenvalue weighted by atomic mass is 35.5. The van der Waals surface area contributed by atoms with Gasteiger partial charge >= 0.3 is 0 Å². The Morgan fingerprint density at radius 2 is 0.569 bits per heavy atom. The van der Waals surface area contributed by atoms with Crippen molar-refractivity contribution in [3.05, 3.63) is 274 Å². The van der Waals surface area contributed by atoms with Gasteiger partial charge in [-0.3, -0.25) is 0 Å². The zero-order chi connectivity index (χ0) is 42.6. The molecule has 4 aliphatic rings. The van der Waals surface area contributed by atoms with Crippen molar-refractivity contribution in [2.24, 2.45) is 0 Å². The standard InChI is InChI=1S/C64H37Cl/c65-61-37-43(41-30-32-51-49-18-6-12-24-58(49)64(60(51)36-41)55-21-9-3-15-46(55)47-16-4-10-22-56(47)64)33-42-28-26-38-25-27-39(34-52(38)62(42)61)40-29-31-50-48-17-5-11-23-57(48)63(59(50)35-40)53-19-7-1-13-44(53)45-14-2-8-20-54(45)63/h1-37H. The molecule has 0 radical (unpaired) electrons. The Bertz CT molecular complexity index is 3790. The maximum atomic E-state index is 7.54. The Balaban J connectivity index is 0.886. The average molecular weight is 841 g/mol. The van der Waals surface area contributed by atoms with Gasteiger partial charge in [-0.1, -0.05) is 206 Å². The molecule has 1 heteroatoms. The molecule has 0 bridgehead atoms. The molecule has 65 heavy (non-hydrogen) atoms.